The minimum absolute atomic E-state index is 0.0161. The highest BCUT2D eigenvalue weighted by Gasteiger charge is 2.57. The number of fused-ring (bicyclic) bond motifs is 1. The average Bonchev–Trinajstić information content (AvgIpc) is 3.84. The van der Waals surface area contributed by atoms with E-state index in [-0.39, 0.29) is 76.8 Å². The Morgan fingerprint density at radius 1 is 0.914 bits per heavy atom. The van der Waals surface area contributed by atoms with Crippen LogP contribution in [0.2, 0.25) is 18.1 Å². The monoisotopic (exact) mass is 1120 g/mol. The van der Waals surface area contributed by atoms with Gasteiger partial charge in [0, 0.05) is 32.3 Å². The predicted octanol–water partition coefficient (Wildman–Crippen LogP) is 11.6. The van der Waals surface area contributed by atoms with Crippen LogP contribution in [0.3, 0.4) is 0 Å². The fraction of sp³-hybridized carbons (Fsp3) is 0.768. The molecule has 14 heteroatoms. The Labute approximate surface area is 437 Å². The molecule has 5 aliphatic heterocycles. The van der Waals surface area contributed by atoms with Gasteiger partial charge in [0.05, 0.1) is 89.5 Å². The first-order valence-electron chi connectivity index (χ1n) is 26.6. The van der Waals surface area contributed by atoms with Crippen molar-refractivity contribution in [1.29, 1.82) is 0 Å². The molecule has 1 aromatic rings. The number of rotatable bonds is 22. The van der Waals surface area contributed by atoms with Crippen LogP contribution < -0.4 is 0 Å². The number of sulfone groups is 1. The number of hydrogen-bond donors (Lipinski definition) is 1. The van der Waals surface area contributed by atoms with Gasteiger partial charge in [-0.1, -0.05) is 116 Å². The highest BCUT2D eigenvalue weighted by molar-refractivity contribution is 14.1. The van der Waals surface area contributed by atoms with Crippen LogP contribution in [0, 0.1) is 29.6 Å². The Morgan fingerprint density at radius 2 is 1.61 bits per heavy atom. The van der Waals surface area contributed by atoms with E-state index >= 15 is 8.42 Å². The molecular weight excluding hydrogens is 1040 g/mol. The van der Waals surface area contributed by atoms with Crippen molar-refractivity contribution in [3.05, 3.63) is 64.8 Å². The van der Waals surface area contributed by atoms with Gasteiger partial charge in [-0.25, -0.2) is 8.42 Å². The van der Waals surface area contributed by atoms with Crippen molar-refractivity contribution in [3.63, 3.8) is 0 Å². The maximum atomic E-state index is 15.4. The predicted molar refractivity (Wildman–Crippen MR) is 288 cm³/mol. The fourth-order valence-electron chi connectivity index (χ4n) is 11.8. The second-order valence-electron chi connectivity index (χ2n) is 23.3. The van der Waals surface area contributed by atoms with Crippen molar-refractivity contribution in [2.24, 2.45) is 29.6 Å². The topological polar surface area (TPSA) is 136 Å². The van der Waals surface area contributed by atoms with Crippen LogP contribution in [0.5, 0.6) is 0 Å². The number of aliphatic hydroxyl groups is 1. The lowest BCUT2D eigenvalue weighted by molar-refractivity contribution is -0.240. The number of hydrogen-bond acceptors (Lipinski definition) is 11. The van der Waals surface area contributed by atoms with Crippen LogP contribution in [0.15, 0.2) is 69.7 Å². The van der Waals surface area contributed by atoms with Gasteiger partial charge in [0.25, 0.3) is 0 Å². The molecule has 0 bridgehead atoms. The quantitative estimate of drug-likeness (QED) is 0.0514. The summed E-state index contributed by atoms with van der Waals surface area (Å²) in [6.45, 7) is 31.2. The molecule has 396 valence electrons. The number of aldehydes is 1. The van der Waals surface area contributed by atoms with Gasteiger partial charge >= 0.3 is 0 Å². The Hall–Kier alpha value is -1.31. The summed E-state index contributed by atoms with van der Waals surface area (Å²) in [6.07, 6.45) is 6.24. The maximum Gasteiger partial charge on any atom is 0.193 e. The Kier molecular flexibility index (Phi) is 20.7. The van der Waals surface area contributed by atoms with Gasteiger partial charge in [0.15, 0.2) is 18.2 Å². The molecule has 0 aromatic heterocycles. The summed E-state index contributed by atoms with van der Waals surface area (Å²) >= 11 is 2.27. The maximum absolute atomic E-state index is 15.4. The Balaban J connectivity index is 1.25. The second-order valence-corrected chi connectivity index (χ2v) is 30.9. The van der Waals surface area contributed by atoms with E-state index in [9.17, 15) is 9.90 Å². The summed E-state index contributed by atoms with van der Waals surface area (Å²) in [5.41, 5.74) is 2.03. The highest BCUT2D eigenvalue weighted by atomic mass is 127. The number of ether oxygens (including phenoxy) is 6. The zero-order valence-corrected chi connectivity index (χ0v) is 48.3. The van der Waals surface area contributed by atoms with Gasteiger partial charge < -0.3 is 42.7 Å². The van der Waals surface area contributed by atoms with E-state index < -0.39 is 65.9 Å². The number of carbonyl (C=O) groups is 1. The molecule has 0 spiro atoms. The molecule has 0 aliphatic carbocycles. The second kappa shape index (κ2) is 25.0. The fourth-order valence-corrected chi connectivity index (χ4v) is 15.6. The van der Waals surface area contributed by atoms with E-state index in [0.717, 1.165) is 56.0 Å². The van der Waals surface area contributed by atoms with Crippen LogP contribution in [-0.4, -0.2) is 120 Å². The largest absolute Gasteiger partial charge is 0.408 e. The van der Waals surface area contributed by atoms with E-state index in [2.05, 4.69) is 110 Å². The summed E-state index contributed by atoms with van der Waals surface area (Å²) in [5, 5.41) is 11.6. The molecule has 5 aliphatic rings. The van der Waals surface area contributed by atoms with Gasteiger partial charge in [-0.2, -0.15) is 0 Å². The van der Waals surface area contributed by atoms with Crippen LogP contribution in [0.1, 0.15) is 132 Å². The normalized spacial score (nSPS) is 36.2. The minimum Gasteiger partial charge on any atom is -0.408 e. The number of carbonyl (C=O) groups excluding carboxylic acids is 1. The van der Waals surface area contributed by atoms with Gasteiger partial charge in [-0.05, 0) is 127 Å². The van der Waals surface area contributed by atoms with E-state index in [1.807, 2.05) is 10.1 Å². The van der Waals surface area contributed by atoms with E-state index in [1.165, 1.54) is 0 Å². The highest BCUT2D eigenvalue weighted by Crippen LogP contribution is 2.47. The van der Waals surface area contributed by atoms with Crippen LogP contribution in [0.25, 0.3) is 0 Å². The number of benzene rings is 1. The zero-order chi connectivity index (χ0) is 51.3. The third-order valence-electron chi connectivity index (χ3n) is 17.5. The minimum atomic E-state index is -4.18. The smallest absolute Gasteiger partial charge is 0.193 e. The first-order chi connectivity index (χ1) is 33.0. The van der Waals surface area contributed by atoms with Crippen molar-refractivity contribution >= 4 is 47.0 Å². The SMILES string of the molecule is C=C1C[C@H](CCC=O)O[C@H]1CC[C@H]1C[C@@H](C)C(=C)[C@@H](C[C@@H]2O[C@H](C[C@H](C)CC)[C@H](OC)[C@H]2C(C(O)CC2CCC3O[C@@H]([C@H](/C=C/I)O[Si](C)(C)C(C)(C)C)[C@@H](C)[C@@H](C)C3O2)S(=O)(=O)c2ccccc2)O1. The summed E-state index contributed by atoms with van der Waals surface area (Å²) in [7, 11) is -4.67. The molecule has 0 radical (unpaired) electrons. The third-order valence-corrected chi connectivity index (χ3v) is 24.6. The van der Waals surface area contributed by atoms with Crippen molar-refractivity contribution in [2.75, 3.05) is 7.11 Å². The first kappa shape index (κ1) is 58.0. The summed E-state index contributed by atoms with van der Waals surface area (Å²) < 4.78 is 80.5. The molecule has 11 nitrogen and oxygen atoms in total. The molecule has 5 saturated heterocycles. The van der Waals surface area contributed by atoms with Gasteiger partial charge in [-0.15, -0.1) is 0 Å². The van der Waals surface area contributed by atoms with E-state index in [4.69, 9.17) is 32.8 Å². The molecule has 0 amide bonds. The Morgan fingerprint density at radius 3 is 2.26 bits per heavy atom. The van der Waals surface area contributed by atoms with Crippen molar-refractivity contribution in [1.82, 2.24) is 0 Å². The molecule has 1 aromatic carbocycles. The first-order valence-corrected chi connectivity index (χ1v) is 32.3. The summed E-state index contributed by atoms with van der Waals surface area (Å²) in [5.74, 6) is -0.0421. The molecule has 5 unspecified atom stereocenters. The molecule has 5 fully saturated rings. The average molecular weight is 1130 g/mol. The standard InChI is InChI=1S/C56H89IO11SSi/c1-14-34(2)29-50-54(62-11)51(49(66-50)33-48-37(5)35(3)30-41(64-48)22-24-45-36(4)31-40(63-45)19-18-28-58)55(69(60,61)43-20-16-15-17-21-43)44(59)32-42-23-25-46-52(65-42)38(6)39(7)53(67-46)47(26-27-57)68-70(12,13)56(8,9)10/h15-17,20-21,26-28,34-35,38-42,44-55,59H,4-5,14,18-19,22-25,29-33H2,1-3,6-13H3/b27-26+/t34-,35-,38-,39+,40+,41+,42?,44?,45+,46?,47+,48-,49+,50-,51+,52?,53-,54+,55?/m1/s1. The molecule has 5 heterocycles. The number of aliphatic hydroxyl groups excluding tert-OH is 1. The molecule has 6 rings (SSSR count). The van der Waals surface area contributed by atoms with Crippen molar-refractivity contribution in [2.45, 2.75) is 240 Å². The van der Waals surface area contributed by atoms with Gasteiger partial charge in [0.2, 0.25) is 0 Å². The molecule has 1 N–H and O–H groups in total. The van der Waals surface area contributed by atoms with Gasteiger partial charge in [-0.3, -0.25) is 0 Å². The van der Waals surface area contributed by atoms with Crippen LogP contribution in [0.4, 0.5) is 0 Å². The summed E-state index contributed by atoms with van der Waals surface area (Å²) in [6, 6.07) is 8.53. The third kappa shape index (κ3) is 13.6. The van der Waals surface area contributed by atoms with Crippen LogP contribution >= 0.6 is 22.6 Å². The molecule has 19 atom stereocenters. The lowest BCUT2D eigenvalue weighted by Crippen LogP contribution is -2.59. The Bertz CT molecular complexity index is 2010. The molecular formula is C56H89IO11SSi. The van der Waals surface area contributed by atoms with E-state index in [1.54, 1.807) is 31.4 Å². The van der Waals surface area contributed by atoms with E-state index in [0.29, 0.717) is 38.0 Å². The van der Waals surface area contributed by atoms with Crippen LogP contribution in [-0.2, 0) is 47.5 Å². The molecule has 0 saturated carbocycles. The lowest BCUT2D eigenvalue weighted by Gasteiger charge is -2.51. The summed E-state index contributed by atoms with van der Waals surface area (Å²) in [4.78, 5) is 11.2. The number of methoxy groups -OCH3 is 1. The molecule has 70 heavy (non-hydrogen) atoms. The zero-order valence-electron chi connectivity index (χ0n) is 44.3. The lowest BCUT2D eigenvalue weighted by atomic mass is 9.77. The van der Waals surface area contributed by atoms with Gasteiger partial charge in [0.1, 0.15) is 6.29 Å². The van der Waals surface area contributed by atoms with Crippen molar-refractivity contribution in [3.8, 4) is 0 Å². The van der Waals surface area contributed by atoms with Crippen molar-refractivity contribution < 1.29 is 51.2 Å². The number of halogens is 1.